The average molecular weight is 407 g/mol. The Bertz CT molecular complexity index is 848. The van der Waals surface area contributed by atoms with E-state index in [-0.39, 0.29) is 11.7 Å². The molecular formula is C20H23ClN2O5. The number of benzene rings is 1. The lowest BCUT2D eigenvalue weighted by Crippen LogP contribution is -2.47. The van der Waals surface area contributed by atoms with E-state index in [1.54, 1.807) is 45.0 Å². The maximum atomic E-state index is 12.5. The fraction of sp³-hybridized carbons (Fsp3) is 0.350. The molecule has 150 valence electrons. The molecule has 0 saturated carbocycles. The largest absolute Gasteiger partial charge is 0.459 e. The van der Waals surface area contributed by atoms with Crippen LogP contribution in [0.4, 0.5) is 5.69 Å². The zero-order valence-electron chi connectivity index (χ0n) is 16.1. The first-order valence-electron chi connectivity index (χ1n) is 8.81. The first-order chi connectivity index (χ1) is 13.2. The van der Waals surface area contributed by atoms with Crippen LogP contribution in [-0.2, 0) is 14.3 Å². The molecule has 0 unspecified atom stereocenters. The molecule has 28 heavy (non-hydrogen) atoms. The highest BCUT2D eigenvalue weighted by molar-refractivity contribution is 6.31. The van der Waals surface area contributed by atoms with E-state index in [1.165, 1.54) is 19.3 Å². The SMILES string of the molecule is Cc1c(Cl)cccc1NC(=O)[C@H](C)OC(=O)[C@@H](NC(=O)c1ccco1)C(C)C. The number of esters is 1. The van der Waals surface area contributed by atoms with Crippen molar-refractivity contribution in [1.82, 2.24) is 5.32 Å². The molecule has 1 heterocycles. The van der Waals surface area contributed by atoms with Crippen LogP contribution in [0.2, 0.25) is 5.02 Å². The quantitative estimate of drug-likeness (QED) is 0.685. The van der Waals surface area contributed by atoms with Crippen molar-refractivity contribution >= 4 is 35.1 Å². The number of hydrogen-bond donors (Lipinski definition) is 2. The predicted molar refractivity (Wildman–Crippen MR) is 105 cm³/mol. The summed E-state index contributed by atoms with van der Waals surface area (Å²) in [5.74, 6) is -1.91. The molecule has 2 atom stereocenters. The fourth-order valence-electron chi connectivity index (χ4n) is 2.40. The van der Waals surface area contributed by atoms with Crippen molar-refractivity contribution in [3.63, 3.8) is 0 Å². The first kappa shape index (κ1) is 21.5. The van der Waals surface area contributed by atoms with Gasteiger partial charge in [0.05, 0.1) is 6.26 Å². The highest BCUT2D eigenvalue weighted by atomic mass is 35.5. The standard InChI is InChI=1S/C20H23ClN2O5/c1-11(2)17(23-19(25)16-9-6-10-27-16)20(26)28-13(4)18(24)22-15-8-5-7-14(21)12(15)3/h5-11,13,17H,1-4H3,(H,22,24)(H,23,25)/t13-,17-/m0/s1. The topological polar surface area (TPSA) is 97.6 Å². The Labute approximate surface area is 168 Å². The number of nitrogens with one attached hydrogen (secondary N) is 2. The van der Waals surface area contributed by atoms with Crippen LogP contribution in [0.5, 0.6) is 0 Å². The molecule has 1 aromatic heterocycles. The van der Waals surface area contributed by atoms with Crippen molar-refractivity contribution < 1.29 is 23.5 Å². The molecule has 1 aromatic carbocycles. The molecule has 2 amide bonds. The van der Waals surface area contributed by atoms with Gasteiger partial charge in [-0.2, -0.15) is 0 Å². The second kappa shape index (κ2) is 9.41. The predicted octanol–water partition coefficient (Wildman–Crippen LogP) is 3.57. The van der Waals surface area contributed by atoms with E-state index in [4.69, 9.17) is 20.8 Å². The summed E-state index contributed by atoms with van der Waals surface area (Å²) in [5, 5.41) is 5.77. The third-order valence-corrected chi connectivity index (χ3v) is 4.55. The van der Waals surface area contributed by atoms with Gasteiger partial charge < -0.3 is 19.8 Å². The van der Waals surface area contributed by atoms with Gasteiger partial charge in [0.15, 0.2) is 11.9 Å². The lowest BCUT2D eigenvalue weighted by molar-refractivity contribution is -0.156. The van der Waals surface area contributed by atoms with E-state index in [2.05, 4.69) is 10.6 Å². The summed E-state index contributed by atoms with van der Waals surface area (Å²) in [4.78, 5) is 37.0. The van der Waals surface area contributed by atoms with Gasteiger partial charge in [-0.05, 0) is 49.6 Å². The lowest BCUT2D eigenvalue weighted by Gasteiger charge is -2.22. The van der Waals surface area contributed by atoms with E-state index in [9.17, 15) is 14.4 Å². The molecule has 0 aliphatic rings. The Morgan fingerprint density at radius 2 is 1.82 bits per heavy atom. The second-order valence-electron chi connectivity index (χ2n) is 6.65. The van der Waals surface area contributed by atoms with E-state index in [0.29, 0.717) is 16.3 Å². The Morgan fingerprint density at radius 3 is 2.43 bits per heavy atom. The third-order valence-electron chi connectivity index (χ3n) is 4.14. The Kier molecular flexibility index (Phi) is 7.23. The van der Waals surface area contributed by atoms with E-state index >= 15 is 0 Å². The van der Waals surface area contributed by atoms with Gasteiger partial charge in [-0.15, -0.1) is 0 Å². The summed E-state index contributed by atoms with van der Waals surface area (Å²) in [5.41, 5.74) is 1.24. The average Bonchev–Trinajstić information content (AvgIpc) is 3.17. The Hall–Kier alpha value is -2.80. The minimum absolute atomic E-state index is 0.0840. The van der Waals surface area contributed by atoms with Crippen molar-refractivity contribution in [2.45, 2.75) is 39.8 Å². The summed E-state index contributed by atoms with van der Waals surface area (Å²) < 4.78 is 10.3. The smallest absolute Gasteiger partial charge is 0.329 e. The number of amides is 2. The molecule has 0 radical (unpaired) electrons. The van der Waals surface area contributed by atoms with Crippen LogP contribution >= 0.6 is 11.6 Å². The second-order valence-corrected chi connectivity index (χ2v) is 7.06. The zero-order chi connectivity index (χ0) is 20.8. The molecule has 2 rings (SSSR count). The number of ether oxygens (including phenoxy) is 1. The van der Waals surface area contributed by atoms with Crippen LogP contribution in [0.25, 0.3) is 0 Å². The van der Waals surface area contributed by atoms with Crippen LogP contribution in [0.1, 0.15) is 36.9 Å². The first-order valence-corrected chi connectivity index (χ1v) is 9.19. The van der Waals surface area contributed by atoms with Gasteiger partial charge in [0.1, 0.15) is 6.04 Å². The molecule has 0 bridgehead atoms. The van der Waals surface area contributed by atoms with Gasteiger partial charge in [-0.25, -0.2) is 4.79 Å². The molecule has 7 nitrogen and oxygen atoms in total. The minimum Gasteiger partial charge on any atom is -0.459 e. The van der Waals surface area contributed by atoms with Crippen LogP contribution in [0.3, 0.4) is 0 Å². The van der Waals surface area contributed by atoms with Gasteiger partial charge in [0, 0.05) is 10.7 Å². The van der Waals surface area contributed by atoms with Crippen molar-refractivity contribution in [3.8, 4) is 0 Å². The fourth-order valence-corrected chi connectivity index (χ4v) is 2.57. The summed E-state index contributed by atoms with van der Waals surface area (Å²) in [6.07, 6.45) is 0.301. The summed E-state index contributed by atoms with van der Waals surface area (Å²) >= 11 is 6.04. The van der Waals surface area contributed by atoms with E-state index in [0.717, 1.165) is 0 Å². The monoisotopic (exact) mass is 406 g/mol. The summed E-state index contributed by atoms with van der Waals surface area (Å²) in [7, 11) is 0. The van der Waals surface area contributed by atoms with Crippen molar-refractivity contribution in [2.75, 3.05) is 5.32 Å². The number of anilines is 1. The molecule has 0 saturated heterocycles. The van der Waals surface area contributed by atoms with Gasteiger partial charge in [-0.1, -0.05) is 31.5 Å². The van der Waals surface area contributed by atoms with Gasteiger partial charge in [-0.3, -0.25) is 9.59 Å². The molecule has 2 aromatic rings. The Morgan fingerprint density at radius 1 is 1.11 bits per heavy atom. The molecule has 2 N–H and O–H groups in total. The summed E-state index contributed by atoms with van der Waals surface area (Å²) in [6, 6.07) is 7.25. The highest BCUT2D eigenvalue weighted by Gasteiger charge is 2.30. The van der Waals surface area contributed by atoms with E-state index in [1.807, 2.05) is 0 Å². The van der Waals surface area contributed by atoms with Gasteiger partial charge in [0.25, 0.3) is 11.8 Å². The highest BCUT2D eigenvalue weighted by Crippen LogP contribution is 2.23. The van der Waals surface area contributed by atoms with Gasteiger partial charge >= 0.3 is 5.97 Å². The third kappa shape index (κ3) is 5.36. The van der Waals surface area contributed by atoms with Crippen LogP contribution in [0, 0.1) is 12.8 Å². The Balaban J connectivity index is 2.00. The van der Waals surface area contributed by atoms with Crippen molar-refractivity contribution in [3.05, 3.63) is 52.9 Å². The number of furan rings is 1. The van der Waals surface area contributed by atoms with Crippen LogP contribution < -0.4 is 10.6 Å². The zero-order valence-corrected chi connectivity index (χ0v) is 16.9. The molecule has 8 heteroatoms. The van der Waals surface area contributed by atoms with Crippen LogP contribution in [0.15, 0.2) is 41.0 Å². The maximum Gasteiger partial charge on any atom is 0.329 e. The lowest BCUT2D eigenvalue weighted by atomic mass is 10.0. The molecular weight excluding hydrogens is 384 g/mol. The minimum atomic E-state index is -1.06. The van der Waals surface area contributed by atoms with Crippen LogP contribution in [-0.4, -0.2) is 29.9 Å². The maximum absolute atomic E-state index is 12.5. The number of rotatable bonds is 7. The molecule has 0 aliphatic carbocycles. The van der Waals surface area contributed by atoms with Gasteiger partial charge in [0.2, 0.25) is 0 Å². The van der Waals surface area contributed by atoms with Crippen molar-refractivity contribution in [1.29, 1.82) is 0 Å². The molecule has 0 spiro atoms. The molecule has 0 aliphatic heterocycles. The number of carbonyl (C=O) groups excluding carboxylic acids is 3. The number of hydrogen-bond acceptors (Lipinski definition) is 5. The summed E-state index contributed by atoms with van der Waals surface area (Å²) in [6.45, 7) is 6.75. The normalized spacial score (nSPS) is 12.9. The molecule has 0 fully saturated rings. The van der Waals surface area contributed by atoms with Crippen molar-refractivity contribution in [2.24, 2.45) is 5.92 Å². The number of carbonyl (C=O) groups is 3. The number of halogens is 1. The van der Waals surface area contributed by atoms with E-state index < -0.39 is 29.9 Å².